The number of amidine groups is 1. The number of ether oxygens (including phenoxy) is 1. The number of aromatic nitrogens is 2. The summed E-state index contributed by atoms with van der Waals surface area (Å²) >= 11 is 0. The Balaban J connectivity index is 2.24. The topological polar surface area (TPSA) is 84.9 Å². The van der Waals surface area contributed by atoms with E-state index in [-0.39, 0.29) is 11.9 Å². The second-order valence-electron chi connectivity index (χ2n) is 5.52. The van der Waals surface area contributed by atoms with Crippen LogP contribution in [0, 0.1) is 25.2 Å². The first-order valence-corrected chi connectivity index (χ1v) is 6.84. The summed E-state index contributed by atoms with van der Waals surface area (Å²) in [5.41, 5.74) is 7.90. The third-order valence-electron chi connectivity index (χ3n) is 3.86. The Kier molecular flexibility index (Phi) is 4.02. The van der Waals surface area contributed by atoms with Gasteiger partial charge in [0.05, 0.1) is 11.3 Å². The second-order valence-corrected chi connectivity index (χ2v) is 5.52. The molecule has 19 heavy (non-hydrogen) atoms. The van der Waals surface area contributed by atoms with Crippen LogP contribution in [-0.4, -0.2) is 22.1 Å². The Bertz CT molecular complexity index is 487. The molecule has 1 aliphatic carbocycles. The van der Waals surface area contributed by atoms with E-state index in [9.17, 15) is 0 Å². The lowest BCUT2D eigenvalue weighted by molar-refractivity contribution is 0.122. The highest BCUT2D eigenvalue weighted by molar-refractivity contribution is 5.98. The molecule has 1 heterocycles. The third-order valence-corrected chi connectivity index (χ3v) is 3.86. The number of nitrogens with one attached hydrogen (secondary N) is 1. The SMILES string of the molecule is Cc1nnc(OC2CCCC(C)C2)c(C(=N)N)c1C. The maximum absolute atomic E-state index is 7.70. The van der Waals surface area contributed by atoms with E-state index in [1.807, 2.05) is 13.8 Å². The largest absolute Gasteiger partial charge is 0.473 e. The highest BCUT2D eigenvalue weighted by Crippen LogP contribution is 2.28. The molecule has 0 saturated heterocycles. The molecular weight excluding hydrogens is 240 g/mol. The fraction of sp³-hybridized carbons (Fsp3) is 0.643. The second kappa shape index (κ2) is 5.55. The van der Waals surface area contributed by atoms with E-state index in [2.05, 4.69) is 17.1 Å². The molecule has 3 N–H and O–H groups in total. The normalized spacial score (nSPS) is 23.1. The van der Waals surface area contributed by atoms with Gasteiger partial charge < -0.3 is 10.5 Å². The van der Waals surface area contributed by atoms with Crippen LogP contribution in [0.5, 0.6) is 5.88 Å². The summed E-state index contributed by atoms with van der Waals surface area (Å²) in [5.74, 6) is 1.09. The van der Waals surface area contributed by atoms with E-state index < -0.39 is 0 Å². The van der Waals surface area contributed by atoms with Gasteiger partial charge in [0, 0.05) is 0 Å². The maximum atomic E-state index is 7.70. The van der Waals surface area contributed by atoms with Crippen molar-refractivity contribution in [1.82, 2.24) is 10.2 Å². The van der Waals surface area contributed by atoms with Crippen LogP contribution in [0.2, 0.25) is 0 Å². The van der Waals surface area contributed by atoms with E-state index in [1.165, 1.54) is 12.8 Å². The molecule has 1 aromatic heterocycles. The van der Waals surface area contributed by atoms with Crippen LogP contribution in [0.4, 0.5) is 0 Å². The van der Waals surface area contributed by atoms with Gasteiger partial charge in [0.1, 0.15) is 11.9 Å². The van der Waals surface area contributed by atoms with Crippen LogP contribution in [0.1, 0.15) is 49.4 Å². The van der Waals surface area contributed by atoms with Crippen molar-refractivity contribution < 1.29 is 4.74 Å². The molecule has 0 amide bonds. The average molecular weight is 262 g/mol. The molecule has 0 aromatic carbocycles. The Hall–Kier alpha value is -1.65. The standard InChI is InChI=1S/C14H22N4O/c1-8-5-4-6-11(7-8)19-14-12(13(15)16)9(2)10(3)17-18-14/h8,11H,4-7H2,1-3H3,(H3,15,16). The zero-order valence-corrected chi connectivity index (χ0v) is 11.9. The number of nitrogen functional groups attached to an aromatic ring is 1. The zero-order chi connectivity index (χ0) is 14.0. The molecule has 0 aliphatic heterocycles. The maximum Gasteiger partial charge on any atom is 0.245 e. The Morgan fingerprint density at radius 3 is 2.68 bits per heavy atom. The number of hydrogen-bond donors (Lipinski definition) is 2. The number of hydrogen-bond acceptors (Lipinski definition) is 4. The number of nitrogens with zero attached hydrogens (tertiary/aromatic N) is 2. The Labute approximate surface area is 114 Å². The van der Waals surface area contributed by atoms with Crippen LogP contribution in [-0.2, 0) is 0 Å². The zero-order valence-electron chi connectivity index (χ0n) is 11.9. The van der Waals surface area contributed by atoms with Gasteiger partial charge in [-0.15, -0.1) is 5.10 Å². The van der Waals surface area contributed by atoms with E-state index in [0.29, 0.717) is 17.4 Å². The fourth-order valence-corrected chi connectivity index (χ4v) is 2.63. The van der Waals surface area contributed by atoms with E-state index in [0.717, 1.165) is 24.1 Å². The Morgan fingerprint density at radius 2 is 2.05 bits per heavy atom. The molecule has 1 saturated carbocycles. The lowest BCUT2D eigenvalue weighted by Crippen LogP contribution is -2.27. The highest BCUT2D eigenvalue weighted by Gasteiger charge is 2.23. The Morgan fingerprint density at radius 1 is 1.32 bits per heavy atom. The van der Waals surface area contributed by atoms with Gasteiger partial charge in [-0.25, -0.2) is 0 Å². The van der Waals surface area contributed by atoms with Gasteiger partial charge in [0.2, 0.25) is 5.88 Å². The molecule has 5 heteroatoms. The summed E-state index contributed by atoms with van der Waals surface area (Å²) in [4.78, 5) is 0. The van der Waals surface area contributed by atoms with Crippen molar-refractivity contribution in [2.24, 2.45) is 11.7 Å². The van der Waals surface area contributed by atoms with Crippen molar-refractivity contribution >= 4 is 5.84 Å². The minimum Gasteiger partial charge on any atom is -0.473 e. The highest BCUT2D eigenvalue weighted by atomic mass is 16.5. The summed E-state index contributed by atoms with van der Waals surface area (Å²) in [6, 6.07) is 0. The number of aryl methyl sites for hydroxylation is 1. The van der Waals surface area contributed by atoms with Gasteiger partial charge in [0.15, 0.2) is 0 Å². The predicted molar refractivity (Wildman–Crippen MR) is 74.6 cm³/mol. The van der Waals surface area contributed by atoms with Crippen LogP contribution in [0.15, 0.2) is 0 Å². The van der Waals surface area contributed by atoms with Crippen molar-refractivity contribution in [1.29, 1.82) is 5.41 Å². The minimum absolute atomic E-state index is 0.00522. The molecule has 1 aliphatic rings. The first-order chi connectivity index (χ1) is 8.99. The lowest BCUT2D eigenvalue weighted by atomic mass is 9.89. The van der Waals surface area contributed by atoms with Crippen molar-refractivity contribution in [3.05, 3.63) is 16.8 Å². The average Bonchev–Trinajstić information content (AvgIpc) is 2.33. The molecule has 0 bridgehead atoms. The van der Waals surface area contributed by atoms with Gasteiger partial charge in [-0.2, -0.15) is 5.10 Å². The summed E-state index contributed by atoms with van der Waals surface area (Å²) in [6.45, 7) is 6.01. The molecule has 2 unspecified atom stereocenters. The van der Waals surface area contributed by atoms with E-state index >= 15 is 0 Å². The molecule has 0 spiro atoms. The molecule has 5 nitrogen and oxygen atoms in total. The van der Waals surface area contributed by atoms with Crippen molar-refractivity contribution in [2.45, 2.75) is 52.6 Å². The third kappa shape index (κ3) is 3.03. The first kappa shape index (κ1) is 13.8. The molecule has 2 rings (SSSR count). The predicted octanol–water partition coefficient (Wildman–Crippen LogP) is 2.34. The van der Waals surface area contributed by atoms with Gasteiger partial charge in [0.25, 0.3) is 0 Å². The van der Waals surface area contributed by atoms with Crippen LogP contribution in [0.3, 0.4) is 0 Å². The summed E-state index contributed by atoms with van der Waals surface area (Å²) in [6.07, 6.45) is 4.68. The van der Waals surface area contributed by atoms with Crippen LogP contribution in [0.25, 0.3) is 0 Å². The summed E-state index contributed by atoms with van der Waals surface area (Å²) in [5, 5.41) is 15.9. The number of nitrogens with two attached hydrogens (primary N) is 1. The van der Waals surface area contributed by atoms with Gasteiger partial charge >= 0.3 is 0 Å². The number of rotatable bonds is 3. The van der Waals surface area contributed by atoms with E-state index in [1.54, 1.807) is 0 Å². The molecule has 1 aromatic rings. The van der Waals surface area contributed by atoms with Crippen molar-refractivity contribution in [3.63, 3.8) is 0 Å². The van der Waals surface area contributed by atoms with Crippen molar-refractivity contribution in [2.75, 3.05) is 0 Å². The van der Waals surface area contributed by atoms with Crippen molar-refractivity contribution in [3.8, 4) is 5.88 Å². The summed E-state index contributed by atoms with van der Waals surface area (Å²) < 4.78 is 5.96. The van der Waals surface area contributed by atoms with E-state index in [4.69, 9.17) is 15.9 Å². The fourth-order valence-electron chi connectivity index (χ4n) is 2.63. The summed E-state index contributed by atoms with van der Waals surface area (Å²) in [7, 11) is 0. The minimum atomic E-state index is -0.00522. The van der Waals surface area contributed by atoms with Crippen LogP contribution >= 0.6 is 0 Å². The molecule has 0 radical (unpaired) electrons. The molecule has 104 valence electrons. The van der Waals surface area contributed by atoms with Gasteiger partial charge in [-0.05, 0) is 44.6 Å². The quantitative estimate of drug-likeness (QED) is 0.646. The lowest BCUT2D eigenvalue weighted by Gasteiger charge is -2.27. The smallest absolute Gasteiger partial charge is 0.245 e. The van der Waals surface area contributed by atoms with Gasteiger partial charge in [-0.1, -0.05) is 13.3 Å². The molecular formula is C14H22N4O. The first-order valence-electron chi connectivity index (χ1n) is 6.84. The monoisotopic (exact) mass is 262 g/mol. The molecule has 2 atom stereocenters. The van der Waals surface area contributed by atoms with Crippen LogP contribution < -0.4 is 10.5 Å². The van der Waals surface area contributed by atoms with Gasteiger partial charge in [-0.3, -0.25) is 5.41 Å². The molecule has 1 fully saturated rings.